The number of benzene rings is 3. The van der Waals surface area contributed by atoms with Crippen LogP contribution in [0.4, 0.5) is 0 Å². The van der Waals surface area contributed by atoms with Crippen LogP contribution in [-0.4, -0.2) is 12.4 Å². The van der Waals surface area contributed by atoms with Crippen LogP contribution in [0.15, 0.2) is 66.4 Å². The Bertz CT molecular complexity index is 1110. The lowest BCUT2D eigenvalue weighted by Gasteiger charge is -2.10. The fourth-order valence-electron chi connectivity index (χ4n) is 3.47. The summed E-state index contributed by atoms with van der Waals surface area (Å²) in [5.74, 6) is 2.23. The molecule has 30 heavy (non-hydrogen) atoms. The molecule has 0 radical (unpaired) electrons. The highest BCUT2D eigenvalue weighted by atomic mass is 16.5. The molecule has 1 aliphatic rings. The van der Waals surface area contributed by atoms with Gasteiger partial charge in [0.2, 0.25) is 5.78 Å². The molecule has 152 valence electrons. The molecule has 0 aromatic heterocycles. The van der Waals surface area contributed by atoms with E-state index in [0.29, 0.717) is 36.0 Å². The standard InChI is InChI=1S/C26H24O4/c1-4-28-21-11-9-19(10-12-21)14-24-26(27)25-18(3)13-22(15-23(25)30-24)29-16-20-8-6-5-7-17(20)2/h5-15H,4,16H2,1-3H3/b24-14-. The molecule has 0 atom stereocenters. The molecule has 0 saturated carbocycles. The highest BCUT2D eigenvalue weighted by molar-refractivity contribution is 6.15. The molecule has 0 saturated heterocycles. The Morgan fingerprint density at radius 3 is 2.40 bits per heavy atom. The summed E-state index contributed by atoms with van der Waals surface area (Å²) in [5.41, 5.74) is 4.62. The topological polar surface area (TPSA) is 44.8 Å². The molecule has 0 unspecified atom stereocenters. The second kappa shape index (κ2) is 8.46. The average Bonchev–Trinajstić information content (AvgIpc) is 3.05. The van der Waals surface area contributed by atoms with Crippen LogP contribution in [0.5, 0.6) is 17.2 Å². The number of ether oxygens (including phenoxy) is 3. The smallest absolute Gasteiger partial charge is 0.232 e. The van der Waals surface area contributed by atoms with Crippen molar-refractivity contribution in [3.05, 3.63) is 94.2 Å². The molecule has 0 spiro atoms. The molecule has 1 aliphatic heterocycles. The van der Waals surface area contributed by atoms with Gasteiger partial charge in [-0.15, -0.1) is 0 Å². The van der Waals surface area contributed by atoms with Gasteiger partial charge in [-0.2, -0.15) is 0 Å². The molecule has 3 aromatic carbocycles. The van der Waals surface area contributed by atoms with Crippen LogP contribution < -0.4 is 14.2 Å². The van der Waals surface area contributed by atoms with Gasteiger partial charge in [0.25, 0.3) is 0 Å². The number of hydrogen-bond acceptors (Lipinski definition) is 4. The Kier molecular flexibility index (Phi) is 5.57. The highest BCUT2D eigenvalue weighted by Crippen LogP contribution is 2.37. The van der Waals surface area contributed by atoms with E-state index in [4.69, 9.17) is 14.2 Å². The van der Waals surface area contributed by atoms with Gasteiger partial charge in [0.1, 0.15) is 23.9 Å². The lowest BCUT2D eigenvalue weighted by Crippen LogP contribution is -2.00. The number of allylic oxidation sites excluding steroid dienone is 1. The zero-order chi connectivity index (χ0) is 21.1. The van der Waals surface area contributed by atoms with Gasteiger partial charge in [-0.1, -0.05) is 36.4 Å². The maximum absolute atomic E-state index is 12.9. The quantitative estimate of drug-likeness (QED) is 0.484. The van der Waals surface area contributed by atoms with E-state index in [1.807, 2.05) is 62.4 Å². The fraction of sp³-hybridized carbons (Fsp3) is 0.192. The van der Waals surface area contributed by atoms with Crippen LogP contribution in [0.3, 0.4) is 0 Å². The Hall–Kier alpha value is -3.53. The van der Waals surface area contributed by atoms with E-state index in [1.165, 1.54) is 5.56 Å². The molecule has 4 rings (SSSR count). The lowest BCUT2D eigenvalue weighted by atomic mass is 10.0. The average molecular weight is 400 g/mol. The minimum Gasteiger partial charge on any atom is -0.494 e. The van der Waals surface area contributed by atoms with Gasteiger partial charge < -0.3 is 14.2 Å². The summed E-state index contributed by atoms with van der Waals surface area (Å²) in [7, 11) is 0. The van der Waals surface area contributed by atoms with Gasteiger partial charge >= 0.3 is 0 Å². The van der Waals surface area contributed by atoms with Crippen LogP contribution >= 0.6 is 0 Å². The minimum atomic E-state index is -0.109. The van der Waals surface area contributed by atoms with Crippen molar-refractivity contribution in [1.82, 2.24) is 0 Å². The third-order valence-electron chi connectivity index (χ3n) is 5.09. The van der Waals surface area contributed by atoms with Crippen molar-refractivity contribution in [3.8, 4) is 17.2 Å². The molecule has 0 N–H and O–H groups in total. The van der Waals surface area contributed by atoms with E-state index in [2.05, 4.69) is 13.0 Å². The van der Waals surface area contributed by atoms with Crippen molar-refractivity contribution < 1.29 is 19.0 Å². The summed E-state index contributed by atoms with van der Waals surface area (Å²) in [5, 5.41) is 0. The molecular weight excluding hydrogens is 376 g/mol. The SMILES string of the molecule is CCOc1ccc(/C=C2\Oc3cc(OCc4ccccc4C)cc(C)c3C2=O)cc1. The summed E-state index contributed by atoms with van der Waals surface area (Å²) >= 11 is 0. The third kappa shape index (κ3) is 4.08. The second-order valence-electron chi connectivity index (χ2n) is 7.27. The molecule has 1 heterocycles. The number of Topliss-reactive ketones (excluding diaryl/α,β-unsaturated/α-hetero) is 1. The number of carbonyl (C=O) groups excluding carboxylic acids is 1. The maximum atomic E-state index is 12.9. The number of carbonyl (C=O) groups is 1. The zero-order valence-corrected chi connectivity index (χ0v) is 17.4. The summed E-state index contributed by atoms with van der Waals surface area (Å²) in [6.07, 6.45) is 1.76. The minimum absolute atomic E-state index is 0.109. The lowest BCUT2D eigenvalue weighted by molar-refractivity contribution is 0.101. The Balaban J connectivity index is 1.53. The fourth-order valence-corrected chi connectivity index (χ4v) is 3.47. The molecular formula is C26H24O4. The van der Waals surface area contributed by atoms with Crippen LogP contribution in [0.25, 0.3) is 6.08 Å². The number of fused-ring (bicyclic) bond motifs is 1. The first kappa shape index (κ1) is 19.8. The van der Waals surface area contributed by atoms with Crippen LogP contribution in [-0.2, 0) is 6.61 Å². The van der Waals surface area contributed by atoms with Crippen LogP contribution in [0, 0.1) is 13.8 Å². The van der Waals surface area contributed by atoms with Gasteiger partial charge in [0, 0.05) is 6.07 Å². The first-order chi connectivity index (χ1) is 14.5. The predicted molar refractivity (Wildman–Crippen MR) is 117 cm³/mol. The van der Waals surface area contributed by atoms with E-state index in [9.17, 15) is 4.79 Å². The van der Waals surface area contributed by atoms with Crippen LogP contribution in [0.1, 0.15) is 39.5 Å². The van der Waals surface area contributed by atoms with E-state index in [-0.39, 0.29) is 5.78 Å². The summed E-state index contributed by atoms with van der Waals surface area (Å²) in [6.45, 7) is 6.99. The third-order valence-corrected chi connectivity index (χ3v) is 5.09. The van der Waals surface area contributed by atoms with Crippen molar-refractivity contribution in [2.24, 2.45) is 0 Å². The number of ketones is 1. The molecule has 0 fully saturated rings. The Morgan fingerprint density at radius 1 is 0.900 bits per heavy atom. The Morgan fingerprint density at radius 2 is 1.67 bits per heavy atom. The van der Waals surface area contributed by atoms with E-state index in [1.54, 1.807) is 12.1 Å². The van der Waals surface area contributed by atoms with Crippen molar-refractivity contribution in [2.45, 2.75) is 27.4 Å². The summed E-state index contributed by atoms with van der Waals surface area (Å²) in [4.78, 5) is 12.9. The van der Waals surface area contributed by atoms with Crippen molar-refractivity contribution in [2.75, 3.05) is 6.61 Å². The van der Waals surface area contributed by atoms with Crippen molar-refractivity contribution in [3.63, 3.8) is 0 Å². The first-order valence-corrected chi connectivity index (χ1v) is 10.0. The zero-order valence-electron chi connectivity index (χ0n) is 17.4. The number of rotatable bonds is 6. The van der Waals surface area contributed by atoms with E-state index < -0.39 is 0 Å². The molecule has 0 amide bonds. The van der Waals surface area contributed by atoms with E-state index >= 15 is 0 Å². The Labute approximate surface area is 176 Å². The molecule has 0 bridgehead atoms. The summed E-state index contributed by atoms with van der Waals surface area (Å²) < 4.78 is 17.3. The first-order valence-electron chi connectivity index (χ1n) is 10.0. The summed E-state index contributed by atoms with van der Waals surface area (Å²) in [6, 6.07) is 19.4. The van der Waals surface area contributed by atoms with Gasteiger partial charge in [-0.3, -0.25) is 4.79 Å². The van der Waals surface area contributed by atoms with Crippen LogP contribution in [0.2, 0.25) is 0 Å². The molecule has 3 aromatic rings. The predicted octanol–water partition coefficient (Wildman–Crippen LogP) is 5.90. The van der Waals surface area contributed by atoms with Gasteiger partial charge in [-0.05, 0) is 67.3 Å². The highest BCUT2D eigenvalue weighted by Gasteiger charge is 2.30. The van der Waals surface area contributed by atoms with Crippen molar-refractivity contribution >= 4 is 11.9 Å². The van der Waals surface area contributed by atoms with Gasteiger partial charge in [0.05, 0.1) is 12.2 Å². The van der Waals surface area contributed by atoms with Gasteiger partial charge in [0.15, 0.2) is 5.76 Å². The van der Waals surface area contributed by atoms with E-state index in [0.717, 1.165) is 22.4 Å². The largest absolute Gasteiger partial charge is 0.494 e. The number of aryl methyl sites for hydroxylation is 2. The van der Waals surface area contributed by atoms with Crippen molar-refractivity contribution in [1.29, 1.82) is 0 Å². The van der Waals surface area contributed by atoms with Gasteiger partial charge in [-0.25, -0.2) is 0 Å². The maximum Gasteiger partial charge on any atom is 0.232 e. The molecule has 4 nitrogen and oxygen atoms in total. The second-order valence-corrected chi connectivity index (χ2v) is 7.27. The number of hydrogen-bond donors (Lipinski definition) is 0. The monoisotopic (exact) mass is 400 g/mol. The molecule has 4 heteroatoms. The normalized spacial score (nSPS) is 13.8. The molecule has 0 aliphatic carbocycles.